The van der Waals surface area contributed by atoms with E-state index in [9.17, 15) is 0 Å². The first-order valence-corrected chi connectivity index (χ1v) is 6.85. The third kappa shape index (κ3) is 1.98. The molecule has 1 fully saturated rings. The Bertz CT molecular complexity index is 625. The van der Waals surface area contributed by atoms with Crippen LogP contribution in [-0.4, -0.2) is 9.97 Å². The molecule has 0 bridgehead atoms. The minimum absolute atomic E-state index is 0.199. The molecule has 1 heterocycles. The zero-order chi connectivity index (χ0) is 13.8. The second kappa shape index (κ2) is 3.94. The Kier molecular flexibility index (Phi) is 2.58. The summed E-state index contributed by atoms with van der Waals surface area (Å²) in [5, 5.41) is 0. The minimum atomic E-state index is -0.199. The molecule has 0 atom stereocenters. The fourth-order valence-corrected chi connectivity index (χ4v) is 2.86. The highest BCUT2D eigenvalue weighted by molar-refractivity contribution is 5.70. The van der Waals surface area contributed by atoms with Gasteiger partial charge in [0.1, 0.15) is 5.82 Å². The number of hydrogen-bond donors (Lipinski definition) is 2. The van der Waals surface area contributed by atoms with Gasteiger partial charge in [-0.05, 0) is 51.7 Å². The number of benzene rings is 1. The third-order valence-corrected chi connectivity index (χ3v) is 4.06. The van der Waals surface area contributed by atoms with Crippen LogP contribution in [0.5, 0.6) is 0 Å². The molecule has 0 saturated heterocycles. The summed E-state index contributed by atoms with van der Waals surface area (Å²) in [6.07, 6.45) is 2.07. The maximum Gasteiger partial charge on any atom is 0.127 e. The molecule has 0 unspecified atom stereocenters. The predicted molar refractivity (Wildman–Crippen MR) is 78.1 cm³/mol. The maximum atomic E-state index is 6.23. The van der Waals surface area contributed by atoms with Crippen molar-refractivity contribution in [3.05, 3.63) is 40.3 Å². The van der Waals surface area contributed by atoms with Crippen molar-refractivity contribution in [2.75, 3.05) is 0 Å². The van der Waals surface area contributed by atoms with Gasteiger partial charge in [0.05, 0.1) is 11.2 Å². The molecule has 0 radical (unpaired) electrons. The molecule has 0 spiro atoms. The first-order chi connectivity index (χ1) is 8.90. The molecule has 0 aliphatic heterocycles. The molecular formula is C16H21N3. The number of hydrogen-bond acceptors (Lipinski definition) is 2. The molecule has 0 amide bonds. The summed E-state index contributed by atoms with van der Waals surface area (Å²) in [6, 6.07) is 4.43. The van der Waals surface area contributed by atoms with Crippen LogP contribution in [-0.2, 0) is 5.54 Å². The predicted octanol–water partition coefficient (Wildman–Crippen LogP) is 3.26. The van der Waals surface area contributed by atoms with E-state index in [0.29, 0.717) is 0 Å². The number of rotatable bonds is 2. The normalized spacial score (nSPS) is 16.7. The van der Waals surface area contributed by atoms with E-state index < -0.39 is 0 Å². The van der Waals surface area contributed by atoms with E-state index >= 15 is 0 Å². The van der Waals surface area contributed by atoms with Crippen LogP contribution >= 0.6 is 0 Å². The molecule has 3 N–H and O–H groups in total. The van der Waals surface area contributed by atoms with Crippen LogP contribution in [0.3, 0.4) is 0 Å². The Hall–Kier alpha value is -1.61. The number of nitrogens with zero attached hydrogens (tertiary/aromatic N) is 1. The van der Waals surface area contributed by atoms with Crippen molar-refractivity contribution >= 4 is 0 Å². The molecule has 1 saturated carbocycles. The van der Waals surface area contributed by atoms with Crippen LogP contribution in [0.15, 0.2) is 12.1 Å². The van der Waals surface area contributed by atoms with Gasteiger partial charge in [0.25, 0.3) is 0 Å². The summed E-state index contributed by atoms with van der Waals surface area (Å²) >= 11 is 0. The van der Waals surface area contributed by atoms with Gasteiger partial charge in [-0.2, -0.15) is 0 Å². The van der Waals surface area contributed by atoms with Crippen LogP contribution in [0.2, 0.25) is 0 Å². The number of aromatic amines is 1. The summed E-state index contributed by atoms with van der Waals surface area (Å²) in [4.78, 5) is 8.16. The van der Waals surface area contributed by atoms with Gasteiger partial charge >= 0.3 is 0 Å². The van der Waals surface area contributed by atoms with E-state index in [1.165, 1.54) is 22.3 Å². The second-order valence-corrected chi connectivity index (χ2v) is 5.99. The molecule has 1 aromatic heterocycles. The van der Waals surface area contributed by atoms with Gasteiger partial charge < -0.3 is 10.7 Å². The number of imidazole rings is 1. The summed E-state index contributed by atoms with van der Waals surface area (Å²) in [5.41, 5.74) is 13.3. The summed E-state index contributed by atoms with van der Waals surface area (Å²) in [6.45, 7) is 8.51. The molecule has 19 heavy (non-hydrogen) atoms. The van der Waals surface area contributed by atoms with Crippen molar-refractivity contribution in [3.8, 4) is 11.3 Å². The van der Waals surface area contributed by atoms with E-state index in [4.69, 9.17) is 10.7 Å². The number of nitrogens with two attached hydrogens (primary N) is 1. The Morgan fingerprint density at radius 1 is 1.11 bits per heavy atom. The number of nitrogens with one attached hydrogen (secondary N) is 1. The maximum absolute atomic E-state index is 6.23. The average molecular weight is 255 g/mol. The molecule has 1 aliphatic rings. The fraction of sp³-hybridized carbons (Fsp3) is 0.438. The minimum Gasteiger partial charge on any atom is -0.344 e. The monoisotopic (exact) mass is 255 g/mol. The fourth-order valence-electron chi connectivity index (χ4n) is 2.86. The lowest BCUT2D eigenvalue weighted by atomic mass is 9.96. The second-order valence-electron chi connectivity index (χ2n) is 5.99. The highest BCUT2D eigenvalue weighted by atomic mass is 15.0. The average Bonchev–Trinajstić information content (AvgIpc) is 2.93. The molecule has 3 nitrogen and oxygen atoms in total. The molecule has 1 aromatic carbocycles. The number of aryl methyl sites for hydroxylation is 4. The quantitative estimate of drug-likeness (QED) is 0.865. The van der Waals surface area contributed by atoms with Crippen molar-refractivity contribution in [3.63, 3.8) is 0 Å². The Balaban J connectivity index is 2.15. The highest BCUT2D eigenvalue weighted by Crippen LogP contribution is 2.42. The SMILES string of the molecule is Cc1cc(C)c(-c2nc(C3(N)CC3)[nH]c2C)c(C)c1. The topological polar surface area (TPSA) is 54.7 Å². The van der Waals surface area contributed by atoms with Crippen molar-refractivity contribution in [2.24, 2.45) is 5.73 Å². The van der Waals surface area contributed by atoms with E-state index in [1.54, 1.807) is 0 Å². The van der Waals surface area contributed by atoms with Gasteiger partial charge in [0.2, 0.25) is 0 Å². The molecule has 3 rings (SSSR count). The van der Waals surface area contributed by atoms with Gasteiger partial charge in [0.15, 0.2) is 0 Å². The van der Waals surface area contributed by atoms with Crippen LogP contribution < -0.4 is 5.73 Å². The third-order valence-electron chi connectivity index (χ3n) is 4.06. The first-order valence-electron chi connectivity index (χ1n) is 6.85. The van der Waals surface area contributed by atoms with Crippen molar-refractivity contribution in [1.82, 2.24) is 9.97 Å². The van der Waals surface area contributed by atoms with Gasteiger partial charge in [-0.25, -0.2) is 4.98 Å². The molecule has 100 valence electrons. The lowest BCUT2D eigenvalue weighted by Gasteiger charge is -2.10. The number of aromatic nitrogens is 2. The van der Waals surface area contributed by atoms with Crippen LogP contribution in [0, 0.1) is 27.7 Å². The van der Waals surface area contributed by atoms with Gasteiger partial charge in [0, 0.05) is 11.3 Å². The first kappa shape index (κ1) is 12.4. The Morgan fingerprint density at radius 2 is 1.68 bits per heavy atom. The van der Waals surface area contributed by atoms with Crippen LogP contribution in [0.25, 0.3) is 11.3 Å². The van der Waals surface area contributed by atoms with Crippen molar-refractivity contribution in [2.45, 2.75) is 46.1 Å². The summed E-state index contributed by atoms with van der Waals surface area (Å²) in [5.74, 6) is 0.944. The van der Waals surface area contributed by atoms with Crippen molar-refractivity contribution in [1.29, 1.82) is 0 Å². The Morgan fingerprint density at radius 3 is 2.21 bits per heavy atom. The van der Waals surface area contributed by atoms with Gasteiger partial charge in [-0.3, -0.25) is 0 Å². The summed E-state index contributed by atoms with van der Waals surface area (Å²) < 4.78 is 0. The Labute approximate surface area is 114 Å². The number of H-pyrrole nitrogens is 1. The summed E-state index contributed by atoms with van der Waals surface area (Å²) in [7, 11) is 0. The van der Waals surface area contributed by atoms with Gasteiger partial charge in [-0.1, -0.05) is 17.7 Å². The zero-order valence-corrected chi connectivity index (χ0v) is 12.1. The lowest BCUT2D eigenvalue weighted by molar-refractivity contribution is 0.684. The van der Waals surface area contributed by atoms with E-state index in [0.717, 1.165) is 30.1 Å². The smallest absolute Gasteiger partial charge is 0.127 e. The molecule has 1 aliphatic carbocycles. The zero-order valence-electron chi connectivity index (χ0n) is 12.1. The van der Waals surface area contributed by atoms with E-state index in [-0.39, 0.29) is 5.54 Å². The van der Waals surface area contributed by atoms with Crippen molar-refractivity contribution < 1.29 is 0 Å². The van der Waals surface area contributed by atoms with Crippen LogP contribution in [0.1, 0.15) is 41.1 Å². The largest absolute Gasteiger partial charge is 0.344 e. The standard InChI is InChI=1S/C16H21N3/c1-9-7-10(2)13(11(3)8-9)14-12(4)18-15(19-14)16(17)5-6-16/h7-8H,5-6,17H2,1-4H3,(H,18,19). The molecule has 2 aromatic rings. The van der Waals surface area contributed by atoms with Crippen LogP contribution in [0.4, 0.5) is 0 Å². The van der Waals surface area contributed by atoms with Gasteiger partial charge in [-0.15, -0.1) is 0 Å². The van der Waals surface area contributed by atoms with E-state index in [2.05, 4.69) is 44.8 Å². The molecular weight excluding hydrogens is 234 g/mol. The van der Waals surface area contributed by atoms with E-state index in [1.807, 2.05) is 0 Å². The molecule has 3 heteroatoms. The lowest BCUT2D eigenvalue weighted by Crippen LogP contribution is -2.20. The highest BCUT2D eigenvalue weighted by Gasteiger charge is 2.43.